The topological polar surface area (TPSA) is 109 Å². The Bertz CT molecular complexity index is 1430. The zero-order valence-electron chi connectivity index (χ0n) is 19.4. The Balaban J connectivity index is 1.41. The lowest BCUT2D eigenvalue weighted by atomic mass is 9.85. The molecule has 1 fully saturated rings. The molecule has 3 aliphatic rings. The number of hydrogen-bond acceptors (Lipinski definition) is 7. The fourth-order valence-electron chi connectivity index (χ4n) is 5.62. The van der Waals surface area contributed by atoms with Crippen LogP contribution in [0.5, 0.6) is 0 Å². The van der Waals surface area contributed by atoms with E-state index in [4.69, 9.17) is 0 Å². The minimum atomic E-state index is -0.595. The molecule has 2 aliphatic carbocycles. The fraction of sp³-hybridized carbons (Fsp3) is 0.458. The van der Waals surface area contributed by atoms with E-state index >= 15 is 0 Å². The first-order chi connectivity index (χ1) is 16.3. The van der Waals surface area contributed by atoms with Crippen LogP contribution in [0.2, 0.25) is 0 Å². The average Bonchev–Trinajstić information content (AvgIpc) is 3.32. The van der Waals surface area contributed by atoms with E-state index in [1.807, 2.05) is 6.92 Å². The van der Waals surface area contributed by atoms with Gasteiger partial charge in [-0.1, -0.05) is 0 Å². The molecule has 4 heterocycles. The first kappa shape index (κ1) is 21.3. The van der Waals surface area contributed by atoms with Gasteiger partial charge in [-0.15, -0.1) is 11.3 Å². The number of anilines is 2. The quantitative estimate of drug-likeness (QED) is 0.599. The van der Waals surface area contributed by atoms with Gasteiger partial charge in [-0.05, 0) is 62.6 Å². The molecule has 3 aromatic rings. The summed E-state index contributed by atoms with van der Waals surface area (Å²) in [5.41, 5.74) is 1.96. The molecule has 34 heavy (non-hydrogen) atoms. The number of nitrogens with zero attached hydrogens (tertiary/aromatic N) is 4. The minimum absolute atomic E-state index is 0.0207. The van der Waals surface area contributed by atoms with Gasteiger partial charge in [0.2, 0.25) is 5.91 Å². The lowest BCUT2D eigenvalue weighted by Crippen LogP contribution is -2.52. The number of carbonyl (C=O) groups is 2. The Morgan fingerprint density at radius 1 is 1.29 bits per heavy atom. The van der Waals surface area contributed by atoms with Crippen molar-refractivity contribution in [1.29, 1.82) is 0 Å². The van der Waals surface area contributed by atoms with Crippen molar-refractivity contribution < 1.29 is 9.59 Å². The van der Waals surface area contributed by atoms with Crippen LogP contribution in [0, 0.1) is 12.8 Å². The highest BCUT2D eigenvalue weighted by atomic mass is 32.1. The summed E-state index contributed by atoms with van der Waals surface area (Å²) in [6.07, 6.45) is 6.25. The van der Waals surface area contributed by atoms with Crippen LogP contribution in [0.3, 0.4) is 0 Å². The molecule has 1 aliphatic heterocycles. The molecule has 1 spiro atoms. The Hall–Kier alpha value is -3.27. The number of hydrogen-bond donors (Lipinski definition) is 2. The van der Waals surface area contributed by atoms with E-state index in [0.29, 0.717) is 23.6 Å². The van der Waals surface area contributed by atoms with Crippen LogP contribution < -0.4 is 16.2 Å². The van der Waals surface area contributed by atoms with Crippen LogP contribution in [0.15, 0.2) is 17.2 Å². The maximum Gasteiger partial charge on any atom is 0.276 e. The van der Waals surface area contributed by atoms with Crippen LogP contribution in [-0.4, -0.2) is 45.3 Å². The second-order valence-electron chi connectivity index (χ2n) is 9.77. The number of thiophene rings is 1. The van der Waals surface area contributed by atoms with Gasteiger partial charge < -0.3 is 15.5 Å². The lowest BCUT2D eigenvalue weighted by molar-refractivity contribution is -0.133. The fourth-order valence-corrected chi connectivity index (χ4v) is 6.89. The Morgan fingerprint density at radius 2 is 2.09 bits per heavy atom. The summed E-state index contributed by atoms with van der Waals surface area (Å²) in [4.78, 5) is 51.3. The molecule has 2 amide bonds. The number of pyridine rings is 1. The molecule has 6 rings (SSSR count). The third-order valence-corrected chi connectivity index (χ3v) is 8.61. The van der Waals surface area contributed by atoms with Gasteiger partial charge in [-0.2, -0.15) is 0 Å². The van der Waals surface area contributed by atoms with E-state index in [1.54, 1.807) is 41.0 Å². The Labute approximate surface area is 200 Å². The largest absolute Gasteiger partial charge is 0.349 e. The van der Waals surface area contributed by atoms with E-state index in [1.165, 1.54) is 6.33 Å². The Morgan fingerprint density at radius 3 is 2.79 bits per heavy atom. The molecule has 1 saturated carbocycles. The van der Waals surface area contributed by atoms with Crippen molar-refractivity contribution >= 4 is 44.9 Å². The second-order valence-corrected chi connectivity index (χ2v) is 10.9. The van der Waals surface area contributed by atoms with Crippen molar-refractivity contribution in [2.45, 2.75) is 51.1 Å². The molecule has 1 atom stereocenters. The SMILES string of the molecule is Cc1cc(Nc2ncnc3sc4c(c23)CC[C@H](C(=O)N(C)C)C4)c(=O)n2c1C(=O)NC21CCC1. The molecular formula is C24H26N6O3S. The second kappa shape index (κ2) is 7.36. The van der Waals surface area contributed by atoms with Gasteiger partial charge in [0.25, 0.3) is 11.5 Å². The number of amides is 2. The van der Waals surface area contributed by atoms with Crippen molar-refractivity contribution in [3.63, 3.8) is 0 Å². The summed E-state index contributed by atoms with van der Waals surface area (Å²) in [5.74, 6) is 0.547. The molecule has 10 heteroatoms. The molecule has 0 radical (unpaired) electrons. The van der Waals surface area contributed by atoms with Crippen molar-refractivity contribution in [2.75, 3.05) is 19.4 Å². The summed E-state index contributed by atoms with van der Waals surface area (Å²) in [7, 11) is 3.59. The normalized spacial score (nSPS) is 20.0. The van der Waals surface area contributed by atoms with Crippen LogP contribution >= 0.6 is 11.3 Å². The van der Waals surface area contributed by atoms with Gasteiger partial charge in [-0.25, -0.2) is 9.97 Å². The van der Waals surface area contributed by atoms with E-state index < -0.39 is 5.66 Å². The zero-order chi connectivity index (χ0) is 23.8. The van der Waals surface area contributed by atoms with Crippen molar-refractivity contribution in [3.05, 3.63) is 44.4 Å². The van der Waals surface area contributed by atoms with Crippen LogP contribution in [0.4, 0.5) is 11.5 Å². The summed E-state index contributed by atoms with van der Waals surface area (Å²) in [6, 6.07) is 1.74. The number of aromatic nitrogens is 3. The third kappa shape index (κ3) is 2.94. The summed E-state index contributed by atoms with van der Waals surface area (Å²) in [6.45, 7) is 1.86. The predicted octanol–water partition coefficient (Wildman–Crippen LogP) is 2.68. The standard InChI is InChI=1S/C24H26N6O3S/c1-12-9-15(23(33)30-18(12)20(31)28-24(30)7-4-8-24)27-19-17-14-6-5-13(22(32)29(2)3)10-16(14)34-21(17)26-11-25-19/h9,11,13H,4-8,10H2,1-3H3,(H,28,31)(H,25,26,27)/t13-/m0/s1. The molecule has 0 unspecified atom stereocenters. The van der Waals surface area contributed by atoms with Gasteiger partial charge >= 0.3 is 0 Å². The molecule has 3 aromatic heterocycles. The number of carbonyl (C=O) groups excluding carboxylic acids is 2. The van der Waals surface area contributed by atoms with E-state index in [2.05, 4.69) is 20.6 Å². The number of nitrogens with one attached hydrogen (secondary N) is 2. The highest BCUT2D eigenvalue weighted by Crippen LogP contribution is 2.42. The highest BCUT2D eigenvalue weighted by molar-refractivity contribution is 7.19. The van der Waals surface area contributed by atoms with Crippen LogP contribution in [-0.2, 0) is 23.3 Å². The number of fused-ring (bicyclic) bond motifs is 5. The maximum atomic E-state index is 13.5. The molecule has 0 aromatic carbocycles. The molecular weight excluding hydrogens is 452 g/mol. The first-order valence-corrected chi connectivity index (χ1v) is 12.4. The molecule has 0 saturated heterocycles. The van der Waals surface area contributed by atoms with Crippen LogP contribution in [0.25, 0.3) is 10.2 Å². The Kier molecular flexibility index (Phi) is 4.61. The predicted molar refractivity (Wildman–Crippen MR) is 130 cm³/mol. The smallest absolute Gasteiger partial charge is 0.276 e. The zero-order valence-corrected chi connectivity index (χ0v) is 20.2. The molecule has 176 valence electrons. The highest BCUT2D eigenvalue weighted by Gasteiger charge is 2.48. The van der Waals surface area contributed by atoms with Gasteiger partial charge in [0.05, 0.1) is 5.39 Å². The van der Waals surface area contributed by atoms with Gasteiger partial charge in [0.1, 0.15) is 34.0 Å². The van der Waals surface area contributed by atoms with Gasteiger partial charge in [-0.3, -0.25) is 19.0 Å². The third-order valence-electron chi connectivity index (χ3n) is 7.45. The average molecular weight is 479 g/mol. The lowest BCUT2D eigenvalue weighted by Gasteiger charge is -2.39. The monoisotopic (exact) mass is 478 g/mol. The summed E-state index contributed by atoms with van der Waals surface area (Å²) < 4.78 is 1.65. The van der Waals surface area contributed by atoms with Gasteiger partial charge in [0, 0.05) is 24.9 Å². The number of aryl methyl sites for hydroxylation is 2. The summed E-state index contributed by atoms with van der Waals surface area (Å²) in [5, 5.41) is 7.24. The number of rotatable bonds is 3. The molecule has 9 nitrogen and oxygen atoms in total. The molecule has 0 bridgehead atoms. The molecule has 2 N–H and O–H groups in total. The van der Waals surface area contributed by atoms with Crippen molar-refractivity contribution in [3.8, 4) is 0 Å². The van der Waals surface area contributed by atoms with Crippen molar-refractivity contribution in [2.24, 2.45) is 5.92 Å². The van der Waals surface area contributed by atoms with Crippen LogP contribution in [0.1, 0.15) is 52.2 Å². The first-order valence-electron chi connectivity index (χ1n) is 11.6. The van der Waals surface area contributed by atoms with E-state index in [-0.39, 0.29) is 23.3 Å². The van der Waals surface area contributed by atoms with E-state index in [9.17, 15) is 14.4 Å². The van der Waals surface area contributed by atoms with E-state index in [0.717, 1.165) is 58.3 Å². The summed E-state index contributed by atoms with van der Waals surface area (Å²) >= 11 is 1.60. The minimum Gasteiger partial charge on any atom is -0.349 e. The van der Waals surface area contributed by atoms with Gasteiger partial charge in [0.15, 0.2) is 0 Å². The van der Waals surface area contributed by atoms with Crippen molar-refractivity contribution in [1.82, 2.24) is 24.8 Å². The maximum absolute atomic E-state index is 13.5.